The topological polar surface area (TPSA) is 38.3 Å². The lowest BCUT2D eigenvalue weighted by atomic mass is 10.1. The van der Waals surface area contributed by atoms with E-state index in [9.17, 15) is 4.21 Å². The highest BCUT2D eigenvalue weighted by Gasteiger charge is 2.05. The second-order valence-corrected chi connectivity index (χ2v) is 5.70. The second-order valence-electron chi connectivity index (χ2n) is 4.00. The molecule has 0 spiro atoms. The summed E-state index contributed by atoms with van der Waals surface area (Å²) >= 11 is 0. The average Bonchev–Trinajstić information content (AvgIpc) is 2.28. The van der Waals surface area contributed by atoms with Crippen LogP contribution in [0.2, 0.25) is 0 Å². The molecule has 0 saturated heterocycles. The van der Waals surface area contributed by atoms with Crippen LogP contribution in [-0.2, 0) is 15.5 Å². The van der Waals surface area contributed by atoms with Crippen molar-refractivity contribution in [2.24, 2.45) is 0 Å². The number of methoxy groups -OCH3 is 1. The van der Waals surface area contributed by atoms with Crippen LogP contribution in [0.4, 0.5) is 0 Å². The van der Waals surface area contributed by atoms with Gasteiger partial charge in [0.1, 0.15) is 0 Å². The van der Waals surface area contributed by atoms with Crippen LogP contribution < -0.4 is 5.32 Å². The van der Waals surface area contributed by atoms with Crippen molar-refractivity contribution < 1.29 is 8.95 Å². The van der Waals surface area contributed by atoms with Gasteiger partial charge in [-0.15, -0.1) is 0 Å². The Kier molecular flexibility index (Phi) is 11.6. The Morgan fingerprint density at radius 2 is 1.94 bits per heavy atom. The van der Waals surface area contributed by atoms with Crippen molar-refractivity contribution >= 4 is 10.8 Å². The maximum atomic E-state index is 11.6. The SMILES string of the molecule is CCNC(CC)CCCS(=O)CCCOC. The highest BCUT2D eigenvalue weighted by atomic mass is 32.2. The molecule has 3 nitrogen and oxygen atoms in total. The van der Waals surface area contributed by atoms with Crippen LogP contribution in [0.1, 0.15) is 39.5 Å². The van der Waals surface area contributed by atoms with Crippen molar-refractivity contribution in [2.45, 2.75) is 45.6 Å². The van der Waals surface area contributed by atoms with Crippen molar-refractivity contribution in [3.05, 3.63) is 0 Å². The molecule has 0 aliphatic rings. The molecule has 2 unspecified atom stereocenters. The Morgan fingerprint density at radius 1 is 1.25 bits per heavy atom. The predicted octanol–water partition coefficient (Wildman–Crippen LogP) is 1.94. The van der Waals surface area contributed by atoms with E-state index in [4.69, 9.17) is 4.74 Å². The minimum atomic E-state index is -0.652. The molecule has 0 fully saturated rings. The fraction of sp³-hybridized carbons (Fsp3) is 1.00. The zero-order valence-electron chi connectivity index (χ0n) is 11.0. The summed E-state index contributed by atoms with van der Waals surface area (Å²) in [7, 11) is 1.03. The van der Waals surface area contributed by atoms with E-state index >= 15 is 0 Å². The summed E-state index contributed by atoms with van der Waals surface area (Å²) in [5.41, 5.74) is 0. The van der Waals surface area contributed by atoms with Gasteiger partial charge >= 0.3 is 0 Å². The molecule has 98 valence electrons. The lowest BCUT2D eigenvalue weighted by molar-refractivity contribution is 0.200. The van der Waals surface area contributed by atoms with Crippen molar-refractivity contribution in [3.8, 4) is 0 Å². The van der Waals surface area contributed by atoms with Crippen molar-refractivity contribution in [3.63, 3.8) is 0 Å². The molecule has 16 heavy (non-hydrogen) atoms. The molecule has 0 saturated carbocycles. The van der Waals surface area contributed by atoms with E-state index in [1.165, 1.54) is 0 Å². The first-order valence-corrected chi connectivity index (χ1v) is 7.80. The summed E-state index contributed by atoms with van der Waals surface area (Å²) in [6, 6.07) is 0.598. The monoisotopic (exact) mass is 249 g/mol. The molecule has 0 aromatic rings. The van der Waals surface area contributed by atoms with Gasteiger partial charge in [-0.1, -0.05) is 13.8 Å². The molecule has 0 bridgehead atoms. The summed E-state index contributed by atoms with van der Waals surface area (Å²) in [6.45, 7) is 6.07. The van der Waals surface area contributed by atoms with Gasteiger partial charge in [-0.2, -0.15) is 0 Å². The van der Waals surface area contributed by atoms with Crippen LogP contribution in [0.25, 0.3) is 0 Å². The molecule has 0 amide bonds. The van der Waals surface area contributed by atoms with E-state index in [0.29, 0.717) is 6.04 Å². The first kappa shape index (κ1) is 16.1. The Bertz CT molecular complexity index is 176. The molecule has 0 aromatic carbocycles. The molecule has 0 rings (SSSR count). The molecule has 0 heterocycles. The molecular formula is C12H27NO2S. The molecule has 2 atom stereocenters. The molecular weight excluding hydrogens is 222 g/mol. The van der Waals surface area contributed by atoms with E-state index in [-0.39, 0.29) is 0 Å². The average molecular weight is 249 g/mol. The number of nitrogens with one attached hydrogen (secondary N) is 1. The van der Waals surface area contributed by atoms with Crippen LogP contribution >= 0.6 is 0 Å². The van der Waals surface area contributed by atoms with Crippen LogP contribution in [0, 0.1) is 0 Å². The zero-order chi connectivity index (χ0) is 12.2. The van der Waals surface area contributed by atoms with E-state index in [1.54, 1.807) is 7.11 Å². The Balaban J connectivity index is 3.44. The van der Waals surface area contributed by atoms with Gasteiger partial charge in [-0.25, -0.2) is 0 Å². The van der Waals surface area contributed by atoms with Crippen LogP contribution in [0.5, 0.6) is 0 Å². The van der Waals surface area contributed by atoms with Gasteiger partial charge in [0.05, 0.1) is 0 Å². The first-order chi connectivity index (χ1) is 7.74. The van der Waals surface area contributed by atoms with Crippen molar-refractivity contribution in [1.82, 2.24) is 5.32 Å². The first-order valence-electron chi connectivity index (χ1n) is 6.31. The third kappa shape index (κ3) is 9.31. The molecule has 0 aromatic heterocycles. The minimum absolute atomic E-state index is 0.598. The third-order valence-electron chi connectivity index (χ3n) is 2.63. The normalized spacial score (nSPS) is 14.9. The lowest BCUT2D eigenvalue weighted by Gasteiger charge is -2.15. The number of ether oxygens (including phenoxy) is 1. The standard InChI is InChI=1S/C12H27NO2S/c1-4-12(13-5-2)8-6-10-16(14)11-7-9-15-3/h12-13H,4-11H2,1-3H3. The maximum absolute atomic E-state index is 11.6. The highest BCUT2D eigenvalue weighted by Crippen LogP contribution is 2.03. The minimum Gasteiger partial charge on any atom is -0.385 e. The fourth-order valence-electron chi connectivity index (χ4n) is 1.70. The summed E-state index contributed by atoms with van der Waals surface area (Å²) in [5.74, 6) is 1.62. The summed E-state index contributed by atoms with van der Waals surface area (Å²) < 4.78 is 16.5. The summed E-state index contributed by atoms with van der Waals surface area (Å²) in [6.07, 6.45) is 4.27. The number of hydrogen-bond donors (Lipinski definition) is 1. The van der Waals surface area contributed by atoms with Gasteiger partial charge in [-0.3, -0.25) is 4.21 Å². The highest BCUT2D eigenvalue weighted by molar-refractivity contribution is 7.84. The smallest absolute Gasteiger partial charge is 0.0471 e. The summed E-state index contributed by atoms with van der Waals surface area (Å²) in [4.78, 5) is 0. The molecule has 1 N–H and O–H groups in total. The largest absolute Gasteiger partial charge is 0.385 e. The number of rotatable bonds is 11. The maximum Gasteiger partial charge on any atom is 0.0471 e. The van der Waals surface area contributed by atoms with E-state index in [0.717, 1.165) is 50.3 Å². The molecule has 4 heteroatoms. The van der Waals surface area contributed by atoms with E-state index in [1.807, 2.05) is 0 Å². The van der Waals surface area contributed by atoms with Gasteiger partial charge in [0.2, 0.25) is 0 Å². The van der Waals surface area contributed by atoms with Gasteiger partial charge in [0, 0.05) is 42.1 Å². The molecule has 0 aliphatic heterocycles. The van der Waals surface area contributed by atoms with Crippen LogP contribution in [-0.4, -0.2) is 42.0 Å². The van der Waals surface area contributed by atoms with Gasteiger partial charge < -0.3 is 10.1 Å². The lowest BCUT2D eigenvalue weighted by Crippen LogP contribution is -2.28. The quantitative estimate of drug-likeness (QED) is 0.569. The molecule has 0 radical (unpaired) electrons. The Morgan fingerprint density at radius 3 is 2.50 bits per heavy atom. The Hall–Kier alpha value is 0.0700. The fourth-order valence-corrected chi connectivity index (χ4v) is 2.83. The predicted molar refractivity (Wildman–Crippen MR) is 71.4 cm³/mol. The van der Waals surface area contributed by atoms with E-state index < -0.39 is 10.8 Å². The van der Waals surface area contributed by atoms with Gasteiger partial charge in [0.15, 0.2) is 0 Å². The van der Waals surface area contributed by atoms with E-state index in [2.05, 4.69) is 19.2 Å². The van der Waals surface area contributed by atoms with Crippen LogP contribution in [0.3, 0.4) is 0 Å². The van der Waals surface area contributed by atoms with Gasteiger partial charge in [-0.05, 0) is 32.2 Å². The third-order valence-corrected chi connectivity index (χ3v) is 4.12. The van der Waals surface area contributed by atoms with Crippen molar-refractivity contribution in [1.29, 1.82) is 0 Å². The Labute approximate surface area is 103 Å². The van der Waals surface area contributed by atoms with Crippen LogP contribution in [0.15, 0.2) is 0 Å². The summed E-state index contributed by atoms with van der Waals surface area (Å²) in [5, 5.41) is 3.44. The van der Waals surface area contributed by atoms with Gasteiger partial charge in [0.25, 0.3) is 0 Å². The van der Waals surface area contributed by atoms with Crippen molar-refractivity contribution in [2.75, 3.05) is 31.8 Å². The zero-order valence-corrected chi connectivity index (χ0v) is 11.8. The molecule has 0 aliphatic carbocycles. The number of hydrogen-bond acceptors (Lipinski definition) is 3. The second kappa shape index (κ2) is 11.6.